The number of nitrogens with one attached hydrogen (secondary N) is 1. The van der Waals surface area contributed by atoms with E-state index < -0.39 is 12.1 Å². The normalized spacial score (nSPS) is 12.3. The van der Waals surface area contributed by atoms with Crippen molar-refractivity contribution in [3.8, 4) is 0 Å². The van der Waals surface area contributed by atoms with Gasteiger partial charge in [0.2, 0.25) is 0 Å². The second-order valence-corrected chi connectivity index (χ2v) is 7.26. The van der Waals surface area contributed by atoms with Crippen molar-refractivity contribution in [2.24, 2.45) is 5.92 Å². The SMILES string of the molecule is CC(C)CCOC(C)C(=O)OCC(=O)NCc1ccc(COC(C)C)cc1. The highest BCUT2D eigenvalue weighted by Crippen LogP contribution is 2.07. The van der Waals surface area contributed by atoms with Crippen LogP contribution in [0.5, 0.6) is 0 Å². The Balaban J connectivity index is 2.25. The highest BCUT2D eigenvalue weighted by atomic mass is 16.6. The van der Waals surface area contributed by atoms with E-state index in [0.717, 1.165) is 17.5 Å². The Morgan fingerprint density at radius 2 is 1.59 bits per heavy atom. The zero-order valence-electron chi connectivity index (χ0n) is 17.1. The summed E-state index contributed by atoms with van der Waals surface area (Å²) in [6.45, 7) is 10.9. The molecule has 1 atom stereocenters. The number of benzene rings is 1. The number of esters is 1. The molecule has 0 radical (unpaired) electrons. The van der Waals surface area contributed by atoms with Crippen LogP contribution in [0, 0.1) is 5.92 Å². The van der Waals surface area contributed by atoms with Crippen molar-refractivity contribution in [3.05, 3.63) is 35.4 Å². The number of rotatable bonds is 12. The molecule has 0 spiro atoms. The fraction of sp³-hybridized carbons (Fsp3) is 0.619. The van der Waals surface area contributed by atoms with Gasteiger partial charge in [-0.1, -0.05) is 38.1 Å². The number of hydrogen-bond acceptors (Lipinski definition) is 5. The Morgan fingerprint density at radius 3 is 2.19 bits per heavy atom. The molecule has 0 heterocycles. The Morgan fingerprint density at radius 1 is 0.963 bits per heavy atom. The summed E-state index contributed by atoms with van der Waals surface area (Å²) in [5.41, 5.74) is 2.05. The van der Waals surface area contributed by atoms with E-state index in [0.29, 0.717) is 25.7 Å². The zero-order valence-corrected chi connectivity index (χ0v) is 17.1. The minimum Gasteiger partial charge on any atom is -0.454 e. The van der Waals surface area contributed by atoms with Gasteiger partial charge in [0.15, 0.2) is 12.7 Å². The highest BCUT2D eigenvalue weighted by molar-refractivity contribution is 5.81. The summed E-state index contributed by atoms with van der Waals surface area (Å²) >= 11 is 0. The summed E-state index contributed by atoms with van der Waals surface area (Å²) < 4.78 is 15.9. The maximum absolute atomic E-state index is 11.8. The first-order valence-corrected chi connectivity index (χ1v) is 9.52. The summed E-state index contributed by atoms with van der Waals surface area (Å²) in [6.07, 6.45) is 0.396. The molecule has 0 aliphatic carbocycles. The van der Waals surface area contributed by atoms with Crippen molar-refractivity contribution < 1.29 is 23.8 Å². The number of carbonyl (C=O) groups is 2. The average molecular weight is 379 g/mol. The van der Waals surface area contributed by atoms with E-state index in [4.69, 9.17) is 14.2 Å². The van der Waals surface area contributed by atoms with Gasteiger partial charge in [-0.3, -0.25) is 4.79 Å². The van der Waals surface area contributed by atoms with Crippen molar-refractivity contribution in [1.29, 1.82) is 0 Å². The van der Waals surface area contributed by atoms with E-state index in [1.807, 2.05) is 38.1 Å². The molecular formula is C21H33NO5. The molecule has 1 rings (SSSR count). The molecule has 0 fully saturated rings. The molecule has 1 amide bonds. The first-order chi connectivity index (χ1) is 12.8. The Bertz CT molecular complexity index is 568. The van der Waals surface area contributed by atoms with Crippen LogP contribution in [0.4, 0.5) is 0 Å². The molecule has 0 aromatic heterocycles. The Labute approximate surface area is 162 Å². The lowest BCUT2D eigenvalue weighted by atomic mass is 10.1. The van der Waals surface area contributed by atoms with Crippen LogP contribution >= 0.6 is 0 Å². The fourth-order valence-corrected chi connectivity index (χ4v) is 2.07. The second-order valence-electron chi connectivity index (χ2n) is 7.26. The monoisotopic (exact) mass is 379 g/mol. The summed E-state index contributed by atoms with van der Waals surface area (Å²) in [5.74, 6) is -0.357. The third-order valence-corrected chi connectivity index (χ3v) is 3.84. The van der Waals surface area contributed by atoms with Gasteiger partial charge in [0.25, 0.3) is 5.91 Å². The van der Waals surface area contributed by atoms with Crippen LogP contribution in [0.2, 0.25) is 0 Å². The van der Waals surface area contributed by atoms with Gasteiger partial charge >= 0.3 is 5.97 Å². The predicted molar refractivity (Wildman–Crippen MR) is 104 cm³/mol. The molecule has 0 saturated carbocycles. The van der Waals surface area contributed by atoms with E-state index in [1.54, 1.807) is 6.92 Å². The zero-order chi connectivity index (χ0) is 20.2. The van der Waals surface area contributed by atoms with Gasteiger partial charge in [0.05, 0.1) is 12.7 Å². The van der Waals surface area contributed by atoms with E-state index in [1.165, 1.54) is 0 Å². The highest BCUT2D eigenvalue weighted by Gasteiger charge is 2.16. The number of hydrogen-bond donors (Lipinski definition) is 1. The van der Waals surface area contributed by atoms with Crippen molar-refractivity contribution >= 4 is 11.9 Å². The Hall–Kier alpha value is -1.92. The van der Waals surface area contributed by atoms with Crippen molar-refractivity contribution in [3.63, 3.8) is 0 Å². The van der Waals surface area contributed by atoms with Gasteiger partial charge in [-0.25, -0.2) is 4.79 Å². The van der Waals surface area contributed by atoms with E-state index in [-0.39, 0.29) is 18.6 Å². The molecule has 1 aromatic carbocycles. The smallest absolute Gasteiger partial charge is 0.335 e. The van der Waals surface area contributed by atoms with Crippen LogP contribution in [-0.4, -0.2) is 37.3 Å². The van der Waals surface area contributed by atoms with E-state index in [2.05, 4.69) is 19.2 Å². The molecular weight excluding hydrogens is 346 g/mol. The van der Waals surface area contributed by atoms with Gasteiger partial charge in [0, 0.05) is 13.2 Å². The summed E-state index contributed by atoms with van der Waals surface area (Å²) in [4.78, 5) is 23.6. The third kappa shape index (κ3) is 10.7. The topological polar surface area (TPSA) is 73.9 Å². The third-order valence-electron chi connectivity index (χ3n) is 3.84. The lowest BCUT2D eigenvalue weighted by Gasteiger charge is -2.13. The molecule has 1 aromatic rings. The maximum Gasteiger partial charge on any atom is 0.335 e. The van der Waals surface area contributed by atoms with Crippen LogP contribution in [0.15, 0.2) is 24.3 Å². The quantitative estimate of drug-likeness (QED) is 0.565. The Kier molecular flexibility index (Phi) is 10.7. The molecule has 0 aliphatic rings. The first kappa shape index (κ1) is 23.1. The molecule has 27 heavy (non-hydrogen) atoms. The van der Waals surface area contributed by atoms with Crippen LogP contribution < -0.4 is 5.32 Å². The molecule has 1 unspecified atom stereocenters. The van der Waals surface area contributed by atoms with Crippen molar-refractivity contribution in [1.82, 2.24) is 5.32 Å². The number of ether oxygens (including phenoxy) is 3. The molecule has 1 N–H and O–H groups in total. The molecule has 0 bridgehead atoms. The predicted octanol–water partition coefficient (Wildman–Crippen LogP) is 3.22. The summed E-state index contributed by atoms with van der Waals surface area (Å²) in [7, 11) is 0. The lowest BCUT2D eigenvalue weighted by Crippen LogP contribution is -2.31. The molecule has 0 saturated heterocycles. The first-order valence-electron chi connectivity index (χ1n) is 9.52. The van der Waals surface area contributed by atoms with Gasteiger partial charge in [-0.15, -0.1) is 0 Å². The van der Waals surface area contributed by atoms with Crippen LogP contribution in [-0.2, 0) is 37.0 Å². The minimum absolute atomic E-state index is 0.190. The molecule has 6 nitrogen and oxygen atoms in total. The standard InChI is InChI=1S/C21H33NO5/c1-15(2)10-11-25-17(5)21(24)27-14-20(23)22-12-18-6-8-19(9-7-18)13-26-16(3)4/h6-9,15-17H,10-14H2,1-5H3,(H,22,23). The van der Waals surface area contributed by atoms with Crippen LogP contribution in [0.25, 0.3) is 0 Å². The van der Waals surface area contributed by atoms with Gasteiger partial charge in [-0.05, 0) is 44.2 Å². The van der Waals surface area contributed by atoms with Crippen LogP contribution in [0.3, 0.4) is 0 Å². The van der Waals surface area contributed by atoms with E-state index in [9.17, 15) is 9.59 Å². The van der Waals surface area contributed by atoms with Gasteiger partial charge in [0.1, 0.15) is 0 Å². The van der Waals surface area contributed by atoms with Crippen LogP contribution in [0.1, 0.15) is 52.2 Å². The summed E-state index contributed by atoms with van der Waals surface area (Å²) in [5, 5.41) is 2.73. The van der Waals surface area contributed by atoms with Gasteiger partial charge < -0.3 is 19.5 Å². The van der Waals surface area contributed by atoms with Crippen molar-refractivity contribution in [2.45, 2.75) is 66.4 Å². The number of amides is 1. The summed E-state index contributed by atoms with van der Waals surface area (Å²) in [6, 6.07) is 7.83. The lowest BCUT2D eigenvalue weighted by molar-refractivity contribution is -0.159. The molecule has 6 heteroatoms. The minimum atomic E-state index is -0.669. The van der Waals surface area contributed by atoms with E-state index >= 15 is 0 Å². The van der Waals surface area contributed by atoms with Crippen molar-refractivity contribution in [2.75, 3.05) is 13.2 Å². The maximum atomic E-state index is 11.8. The average Bonchev–Trinajstić information content (AvgIpc) is 2.63. The number of carbonyl (C=O) groups excluding carboxylic acids is 2. The molecule has 152 valence electrons. The second kappa shape index (κ2) is 12.5. The largest absolute Gasteiger partial charge is 0.454 e. The molecule has 0 aliphatic heterocycles. The van der Waals surface area contributed by atoms with Gasteiger partial charge in [-0.2, -0.15) is 0 Å². The fourth-order valence-electron chi connectivity index (χ4n) is 2.07.